The van der Waals surface area contributed by atoms with Crippen LogP contribution in [0.2, 0.25) is 0 Å². The van der Waals surface area contributed by atoms with Crippen LogP contribution in [0.1, 0.15) is 5.56 Å². The van der Waals surface area contributed by atoms with Crippen LogP contribution in [-0.2, 0) is 6.42 Å². The predicted octanol–water partition coefficient (Wildman–Crippen LogP) is 0.639. The van der Waals surface area contributed by atoms with E-state index in [1.54, 1.807) is 0 Å². The molecule has 0 saturated heterocycles. The molecule has 0 spiro atoms. The monoisotopic (exact) mass is 264 g/mol. The maximum atomic E-state index is 13.3. The second kappa shape index (κ2) is 4.06. The molecule has 1 aromatic carbocycles. The summed E-state index contributed by atoms with van der Waals surface area (Å²) in [4.78, 5) is 22.5. The molecule has 0 bridgehead atoms. The Bertz CT molecular complexity index is 890. The Balaban J connectivity index is 2.57. The largest absolute Gasteiger partial charge is 0.442 e. The maximum absolute atomic E-state index is 13.3. The fourth-order valence-electron chi connectivity index (χ4n) is 2.10. The highest BCUT2D eigenvalue weighted by atomic mass is 19.1. The second-order valence-electron chi connectivity index (χ2n) is 4.05. The highest BCUT2D eigenvalue weighted by molar-refractivity contribution is 5.89. The van der Waals surface area contributed by atoms with Gasteiger partial charge in [-0.3, -0.25) is 0 Å². The van der Waals surface area contributed by atoms with Crippen LogP contribution in [0.15, 0.2) is 36.7 Å². The van der Waals surface area contributed by atoms with E-state index in [0.29, 0.717) is 29.4 Å². The first kappa shape index (κ1) is 11.7. The molecule has 0 aliphatic carbocycles. The molecule has 2 heterocycles. The summed E-state index contributed by atoms with van der Waals surface area (Å²) in [5.41, 5.74) is 4.26. The van der Waals surface area contributed by atoms with Gasteiger partial charge in [0.15, 0.2) is 0 Å². The molecule has 0 saturated carbocycles. The molecular weight excluding hydrogens is 255 g/mol. The second-order valence-corrected chi connectivity index (χ2v) is 4.05. The van der Waals surface area contributed by atoms with Gasteiger partial charge in [0.25, 0.3) is 0 Å². The van der Waals surface area contributed by atoms with Crippen molar-refractivity contribution in [3.05, 3.63) is 50.4 Å². The summed E-state index contributed by atoms with van der Waals surface area (Å²) in [6.45, 7) is 0.314. The zero-order chi connectivity index (χ0) is 13.6. The SMILES string of the molecule is NCCc1c2ccc(F)cc2n2oc(=O)c(=O)oc12. The first-order valence-corrected chi connectivity index (χ1v) is 5.59. The van der Waals surface area contributed by atoms with E-state index in [2.05, 4.69) is 0 Å². The van der Waals surface area contributed by atoms with Crippen LogP contribution in [0.5, 0.6) is 0 Å². The van der Waals surface area contributed by atoms with Crippen molar-refractivity contribution < 1.29 is 13.3 Å². The van der Waals surface area contributed by atoms with Gasteiger partial charge in [-0.2, -0.15) is 0 Å². The highest BCUT2D eigenvalue weighted by Crippen LogP contribution is 2.26. The minimum atomic E-state index is -1.15. The van der Waals surface area contributed by atoms with E-state index >= 15 is 0 Å². The number of nitrogens with two attached hydrogens (primary N) is 1. The molecule has 3 rings (SSSR count). The van der Waals surface area contributed by atoms with Crippen LogP contribution in [-0.4, -0.2) is 11.1 Å². The van der Waals surface area contributed by atoms with Crippen molar-refractivity contribution in [1.29, 1.82) is 0 Å². The van der Waals surface area contributed by atoms with Gasteiger partial charge in [0, 0.05) is 17.0 Å². The topological polar surface area (TPSA) is 90.9 Å². The Morgan fingerprint density at radius 2 is 2.05 bits per heavy atom. The van der Waals surface area contributed by atoms with Crippen molar-refractivity contribution in [2.45, 2.75) is 6.42 Å². The lowest BCUT2D eigenvalue weighted by Crippen LogP contribution is -2.23. The molecule has 0 aliphatic rings. The minimum Gasteiger partial charge on any atom is -0.397 e. The van der Waals surface area contributed by atoms with Crippen molar-refractivity contribution in [1.82, 2.24) is 4.57 Å². The summed E-state index contributed by atoms with van der Waals surface area (Å²) in [5, 5.41) is 0.629. The zero-order valence-electron chi connectivity index (χ0n) is 9.68. The van der Waals surface area contributed by atoms with Crippen LogP contribution in [0, 0.1) is 5.82 Å². The lowest BCUT2D eigenvalue weighted by molar-refractivity contribution is 0.286. The van der Waals surface area contributed by atoms with Crippen LogP contribution < -0.4 is 17.0 Å². The molecule has 6 nitrogen and oxygen atoms in total. The quantitative estimate of drug-likeness (QED) is 0.686. The predicted molar refractivity (Wildman–Crippen MR) is 64.7 cm³/mol. The lowest BCUT2D eigenvalue weighted by Gasteiger charge is -1.95. The fourth-order valence-corrected chi connectivity index (χ4v) is 2.10. The Kier molecular flexibility index (Phi) is 2.49. The third-order valence-electron chi connectivity index (χ3n) is 2.87. The van der Waals surface area contributed by atoms with Crippen LogP contribution in [0.4, 0.5) is 4.39 Å². The van der Waals surface area contributed by atoms with Gasteiger partial charge >= 0.3 is 11.3 Å². The average molecular weight is 264 g/mol. The van der Waals surface area contributed by atoms with E-state index in [1.807, 2.05) is 0 Å². The summed E-state index contributed by atoms with van der Waals surface area (Å²) in [6, 6.07) is 4.01. The number of benzene rings is 1. The third-order valence-corrected chi connectivity index (χ3v) is 2.87. The Hall–Kier alpha value is -2.41. The normalized spacial score (nSPS) is 11.5. The first-order valence-electron chi connectivity index (χ1n) is 5.59. The van der Waals surface area contributed by atoms with Gasteiger partial charge in [-0.15, -0.1) is 4.57 Å². The van der Waals surface area contributed by atoms with E-state index in [0.717, 1.165) is 4.57 Å². The molecule has 7 heteroatoms. The molecule has 19 heavy (non-hydrogen) atoms. The molecule has 0 fully saturated rings. The number of rotatable bonds is 2. The lowest BCUT2D eigenvalue weighted by atomic mass is 10.1. The Labute approximate surface area is 104 Å². The van der Waals surface area contributed by atoms with Crippen LogP contribution in [0.25, 0.3) is 16.6 Å². The molecule has 0 atom stereocenters. The summed E-state index contributed by atoms with van der Waals surface area (Å²) < 4.78 is 24.1. The summed E-state index contributed by atoms with van der Waals surface area (Å²) in [5.74, 6) is -0.486. The van der Waals surface area contributed by atoms with E-state index in [1.165, 1.54) is 18.2 Å². The van der Waals surface area contributed by atoms with Gasteiger partial charge in [-0.05, 0) is 25.1 Å². The molecule has 2 N–H and O–H groups in total. The maximum Gasteiger partial charge on any atom is 0.442 e. The van der Waals surface area contributed by atoms with Gasteiger partial charge in [0.05, 0.1) is 5.52 Å². The number of fused-ring (bicyclic) bond motifs is 3. The average Bonchev–Trinajstić information content (AvgIpc) is 2.65. The third kappa shape index (κ3) is 1.66. The smallest absolute Gasteiger partial charge is 0.397 e. The molecule has 3 aromatic rings. The number of hydrogen-bond acceptors (Lipinski definition) is 5. The number of aromatic nitrogens is 1. The van der Waals surface area contributed by atoms with Crippen LogP contribution in [0.3, 0.4) is 0 Å². The van der Waals surface area contributed by atoms with Crippen molar-refractivity contribution in [3.8, 4) is 0 Å². The van der Waals surface area contributed by atoms with Gasteiger partial charge < -0.3 is 14.7 Å². The molecular formula is C12H9FN2O4. The molecule has 0 unspecified atom stereocenters. The van der Waals surface area contributed by atoms with Gasteiger partial charge in [-0.1, -0.05) is 0 Å². The fraction of sp³-hybridized carbons (Fsp3) is 0.167. The first-order chi connectivity index (χ1) is 9.11. The Morgan fingerprint density at radius 1 is 1.26 bits per heavy atom. The number of halogens is 1. The molecule has 0 amide bonds. The van der Waals surface area contributed by atoms with E-state index in [4.69, 9.17) is 14.7 Å². The van der Waals surface area contributed by atoms with E-state index in [-0.39, 0.29) is 5.71 Å². The molecule has 0 radical (unpaired) electrons. The number of nitrogens with zero attached hydrogens (tertiary/aromatic N) is 1. The van der Waals surface area contributed by atoms with Crippen LogP contribution >= 0.6 is 0 Å². The molecule has 0 aliphatic heterocycles. The van der Waals surface area contributed by atoms with Gasteiger partial charge in [0.2, 0.25) is 5.71 Å². The van der Waals surface area contributed by atoms with Gasteiger partial charge in [0.1, 0.15) is 5.82 Å². The van der Waals surface area contributed by atoms with E-state index < -0.39 is 17.1 Å². The standard InChI is InChI=1S/C12H9FN2O4/c13-6-1-2-7-8(3-4-14)10-15(9(7)5-6)19-12(17)11(16)18-10/h1-2,5H,3-4,14H2. The molecule has 2 aromatic heterocycles. The summed E-state index contributed by atoms with van der Waals surface area (Å²) in [7, 11) is 0. The van der Waals surface area contributed by atoms with Crippen molar-refractivity contribution in [2.24, 2.45) is 5.73 Å². The molecule has 98 valence electrons. The number of hydrogen-bond donors (Lipinski definition) is 1. The van der Waals surface area contributed by atoms with Crippen molar-refractivity contribution in [3.63, 3.8) is 0 Å². The summed E-state index contributed by atoms with van der Waals surface area (Å²) in [6.07, 6.45) is 0.412. The van der Waals surface area contributed by atoms with Gasteiger partial charge in [-0.25, -0.2) is 14.0 Å². The minimum absolute atomic E-state index is 0.0793. The zero-order valence-corrected chi connectivity index (χ0v) is 9.68. The van der Waals surface area contributed by atoms with Crippen molar-refractivity contribution >= 4 is 16.6 Å². The highest BCUT2D eigenvalue weighted by Gasteiger charge is 2.17. The van der Waals surface area contributed by atoms with E-state index in [9.17, 15) is 14.0 Å². The Morgan fingerprint density at radius 3 is 2.79 bits per heavy atom. The summed E-state index contributed by atoms with van der Waals surface area (Å²) >= 11 is 0. The van der Waals surface area contributed by atoms with Crippen molar-refractivity contribution in [2.75, 3.05) is 6.54 Å².